The van der Waals surface area contributed by atoms with Crippen LogP contribution in [0.3, 0.4) is 0 Å². The minimum absolute atomic E-state index is 0.659. The van der Waals surface area contributed by atoms with Crippen molar-refractivity contribution in [3.63, 3.8) is 0 Å². The van der Waals surface area contributed by atoms with Crippen molar-refractivity contribution in [3.05, 3.63) is 42.5 Å². The van der Waals surface area contributed by atoms with E-state index in [0.717, 1.165) is 32.6 Å². The molecule has 5 heteroatoms. The summed E-state index contributed by atoms with van der Waals surface area (Å²) in [5.41, 5.74) is 1.75. The van der Waals surface area contributed by atoms with E-state index >= 15 is 0 Å². The number of hydrogen-bond donors (Lipinski definition) is 0. The SMILES string of the molecule is COc1cc2cc3ccc4cc(OC)c(OC)cc4c3nc2cc1OC. The topological polar surface area (TPSA) is 49.8 Å². The number of aromatic nitrogens is 1. The highest BCUT2D eigenvalue weighted by molar-refractivity contribution is 6.09. The van der Waals surface area contributed by atoms with E-state index in [9.17, 15) is 0 Å². The van der Waals surface area contributed by atoms with Crippen molar-refractivity contribution in [3.8, 4) is 23.0 Å². The van der Waals surface area contributed by atoms with Crippen molar-refractivity contribution in [2.45, 2.75) is 0 Å². The molecule has 0 bridgehead atoms. The number of nitrogens with zero attached hydrogens (tertiary/aromatic N) is 1. The summed E-state index contributed by atoms with van der Waals surface area (Å²) in [6.45, 7) is 0. The maximum Gasteiger partial charge on any atom is 0.162 e. The molecule has 0 unspecified atom stereocenters. The van der Waals surface area contributed by atoms with E-state index < -0.39 is 0 Å². The summed E-state index contributed by atoms with van der Waals surface area (Å²) >= 11 is 0. The normalized spacial score (nSPS) is 11.1. The summed E-state index contributed by atoms with van der Waals surface area (Å²) in [4.78, 5) is 4.89. The van der Waals surface area contributed by atoms with Crippen LogP contribution in [0.4, 0.5) is 0 Å². The molecule has 0 aliphatic carbocycles. The Labute approximate surface area is 151 Å². The molecule has 4 rings (SSSR count). The zero-order valence-corrected chi connectivity index (χ0v) is 15.1. The van der Waals surface area contributed by atoms with E-state index in [2.05, 4.69) is 18.2 Å². The van der Waals surface area contributed by atoms with E-state index in [1.165, 1.54) is 0 Å². The maximum atomic E-state index is 5.46. The highest BCUT2D eigenvalue weighted by Crippen LogP contribution is 2.37. The molecular formula is C21H19NO4. The number of pyridine rings is 1. The van der Waals surface area contributed by atoms with E-state index in [1.54, 1.807) is 28.4 Å². The molecule has 1 heterocycles. The van der Waals surface area contributed by atoms with Gasteiger partial charge in [-0.1, -0.05) is 12.1 Å². The largest absolute Gasteiger partial charge is 0.493 e. The fraction of sp³-hybridized carbons (Fsp3) is 0.190. The third-order valence-electron chi connectivity index (χ3n) is 4.60. The maximum absolute atomic E-state index is 5.46. The van der Waals surface area contributed by atoms with Crippen molar-refractivity contribution in [2.24, 2.45) is 0 Å². The molecule has 0 spiro atoms. The second kappa shape index (κ2) is 6.26. The van der Waals surface area contributed by atoms with Crippen LogP contribution in [0.25, 0.3) is 32.6 Å². The summed E-state index contributed by atoms with van der Waals surface area (Å²) in [6.07, 6.45) is 0. The van der Waals surface area contributed by atoms with Crippen LogP contribution in [-0.2, 0) is 0 Å². The smallest absolute Gasteiger partial charge is 0.162 e. The molecule has 0 radical (unpaired) electrons. The van der Waals surface area contributed by atoms with Gasteiger partial charge in [0.25, 0.3) is 0 Å². The summed E-state index contributed by atoms with van der Waals surface area (Å²) in [7, 11) is 6.52. The molecule has 5 nitrogen and oxygen atoms in total. The van der Waals surface area contributed by atoms with E-state index in [4.69, 9.17) is 23.9 Å². The number of ether oxygens (including phenoxy) is 4. The lowest BCUT2D eigenvalue weighted by molar-refractivity contribution is 0.356. The number of fused-ring (bicyclic) bond motifs is 4. The van der Waals surface area contributed by atoms with E-state index in [-0.39, 0.29) is 0 Å². The van der Waals surface area contributed by atoms with Crippen LogP contribution in [0.15, 0.2) is 42.5 Å². The lowest BCUT2D eigenvalue weighted by Gasteiger charge is -2.12. The number of methoxy groups -OCH3 is 4. The van der Waals surface area contributed by atoms with Gasteiger partial charge in [0, 0.05) is 22.2 Å². The Kier molecular flexibility index (Phi) is 3.92. The Morgan fingerprint density at radius 3 is 1.77 bits per heavy atom. The number of rotatable bonds is 4. The van der Waals surface area contributed by atoms with Crippen molar-refractivity contribution in [1.29, 1.82) is 0 Å². The van der Waals surface area contributed by atoms with Crippen molar-refractivity contribution in [2.75, 3.05) is 28.4 Å². The van der Waals surface area contributed by atoms with Gasteiger partial charge in [0.2, 0.25) is 0 Å². The average molecular weight is 349 g/mol. The molecule has 0 fully saturated rings. The Bertz CT molecular complexity index is 1130. The molecule has 0 amide bonds. The lowest BCUT2D eigenvalue weighted by Crippen LogP contribution is -1.93. The second-order valence-corrected chi connectivity index (χ2v) is 5.95. The van der Waals surface area contributed by atoms with Gasteiger partial charge < -0.3 is 18.9 Å². The van der Waals surface area contributed by atoms with Gasteiger partial charge in [-0.25, -0.2) is 4.98 Å². The predicted molar refractivity (Wildman–Crippen MR) is 103 cm³/mol. The molecule has 0 atom stereocenters. The summed E-state index contributed by atoms with van der Waals surface area (Å²) < 4.78 is 21.7. The zero-order valence-electron chi connectivity index (χ0n) is 15.1. The molecule has 3 aromatic carbocycles. The Morgan fingerprint density at radius 1 is 0.577 bits per heavy atom. The second-order valence-electron chi connectivity index (χ2n) is 5.95. The first-order valence-corrected chi connectivity index (χ1v) is 8.19. The first-order valence-electron chi connectivity index (χ1n) is 8.19. The molecule has 1 aromatic heterocycles. The fourth-order valence-electron chi connectivity index (χ4n) is 3.28. The van der Waals surface area contributed by atoms with Gasteiger partial charge in [-0.2, -0.15) is 0 Å². The van der Waals surface area contributed by atoms with Crippen molar-refractivity contribution < 1.29 is 18.9 Å². The van der Waals surface area contributed by atoms with Gasteiger partial charge in [-0.05, 0) is 29.7 Å². The molecule has 0 N–H and O–H groups in total. The summed E-state index contributed by atoms with van der Waals surface area (Å²) in [5, 5.41) is 4.10. The zero-order chi connectivity index (χ0) is 18.3. The predicted octanol–water partition coefficient (Wildman–Crippen LogP) is 4.58. The van der Waals surface area contributed by atoms with Crippen molar-refractivity contribution in [1.82, 2.24) is 4.98 Å². The molecular weight excluding hydrogens is 330 g/mol. The van der Waals surface area contributed by atoms with E-state index in [0.29, 0.717) is 23.0 Å². The number of benzene rings is 3. The molecule has 0 aliphatic rings. The van der Waals surface area contributed by atoms with Gasteiger partial charge in [0.1, 0.15) is 0 Å². The highest BCUT2D eigenvalue weighted by atomic mass is 16.5. The minimum atomic E-state index is 0.659. The van der Waals surface area contributed by atoms with Crippen molar-refractivity contribution >= 4 is 32.6 Å². The molecule has 132 valence electrons. The third kappa shape index (κ3) is 2.44. The third-order valence-corrected chi connectivity index (χ3v) is 4.60. The van der Waals surface area contributed by atoms with E-state index in [1.807, 2.05) is 24.3 Å². The monoisotopic (exact) mass is 349 g/mol. The first-order chi connectivity index (χ1) is 12.7. The van der Waals surface area contributed by atoms with Crippen LogP contribution in [0, 0.1) is 0 Å². The van der Waals surface area contributed by atoms with Crippen LogP contribution in [0.5, 0.6) is 23.0 Å². The highest BCUT2D eigenvalue weighted by Gasteiger charge is 2.12. The van der Waals surface area contributed by atoms with Crippen LogP contribution < -0.4 is 18.9 Å². The van der Waals surface area contributed by atoms with Gasteiger partial charge in [-0.15, -0.1) is 0 Å². The standard InChI is InChI=1S/C21H19NO4/c1-23-17-8-12-5-6-13-7-14-9-18(24-2)20(26-4)11-16(14)22-21(13)15(12)10-19(17)25-3/h5-11H,1-4H3. The molecule has 0 saturated carbocycles. The number of hydrogen-bond acceptors (Lipinski definition) is 5. The van der Waals surface area contributed by atoms with Gasteiger partial charge >= 0.3 is 0 Å². The molecule has 4 aromatic rings. The van der Waals surface area contributed by atoms with Crippen LogP contribution in [0.1, 0.15) is 0 Å². The molecule has 0 saturated heterocycles. The Morgan fingerprint density at radius 2 is 1.12 bits per heavy atom. The summed E-state index contributed by atoms with van der Waals surface area (Å²) in [5.74, 6) is 2.73. The molecule has 26 heavy (non-hydrogen) atoms. The van der Waals surface area contributed by atoms with Gasteiger partial charge in [0.05, 0.1) is 39.5 Å². The average Bonchev–Trinajstić information content (AvgIpc) is 2.69. The lowest BCUT2D eigenvalue weighted by atomic mass is 10.0. The minimum Gasteiger partial charge on any atom is -0.493 e. The fourth-order valence-corrected chi connectivity index (χ4v) is 3.28. The van der Waals surface area contributed by atoms with Gasteiger partial charge in [-0.3, -0.25) is 0 Å². The Balaban J connectivity index is 2.07. The Hall–Kier alpha value is -3.21. The van der Waals surface area contributed by atoms with Crippen LogP contribution in [-0.4, -0.2) is 33.4 Å². The molecule has 0 aliphatic heterocycles. The van der Waals surface area contributed by atoms with Crippen LogP contribution in [0.2, 0.25) is 0 Å². The quantitative estimate of drug-likeness (QED) is 0.399. The first kappa shape index (κ1) is 16.3. The van der Waals surface area contributed by atoms with Crippen LogP contribution >= 0.6 is 0 Å². The van der Waals surface area contributed by atoms with Gasteiger partial charge in [0.15, 0.2) is 23.0 Å². The summed E-state index contributed by atoms with van der Waals surface area (Å²) in [6, 6.07) is 14.0.